The fourth-order valence-corrected chi connectivity index (χ4v) is 5.37. The summed E-state index contributed by atoms with van der Waals surface area (Å²) < 4.78 is 20.6. The van der Waals surface area contributed by atoms with Gasteiger partial charge in [-0.1, -0.05) is 35.6 Å². The highest BCUT2D eigenvalue weighted by atomic mass is 32.1. The molecule has 0 amide bonds. The van der Waals surface area contributed by atoms with Crippen molar-refractivity contribution in [1.82, 2.24) is 15.0 Å². The van der Waals surface area contributed by atoms with Crippen LogP contribution in [0.3, 0.4) is 0 Å². The minimum Gasteiger partial charge on any atom is -0.491 e. The molecule has 36 heavy (non-hydrogen) atoms. The van der Waals surface area contributed by atoms with Gasteiger partial charge in [-0.25, -0.2) is 19.3 Å². The molecule has 0 saturated heterocycles. The number of ether oxygens (including phenoxy) is 1. The van der Waals surface area contributed by atoms with Gasteiger partial charge in [-0.3, -0.25) is 0 Å². The predicted molar refractivity (Wildman–Crippen MR) is 142 cm³/mol. The van der Waals surface area contributed by atoms with Crippen LogP contribution in [0.5, 0.6) is 5.75 Å². The Morgan fingerprint density at radius 1 is 1.03 bits per heavy atom. The minimum atomic E-state index is -0.241. The number of halogens is 1. The first-order valence-corrected chi connectivity index (χ1v) is 12.6. The van der Waals surface area contributed by atoms with Crippen LogP contribution in [0.4, 0.5) is 15.3 Å². The number of nitrogen functional groups attached to an aromatic ring is 1. The summed E-state index contributed by atoms with van der Waals surface area (Å²) in [6.07, 6.45) is 2.24. The molecule has 5 aromatic rings. The van der Waals surface area contributed by atoms with Gasteiger partial charge in [0.15, 0.2) is 5.13 Å². The molecule has 0 bridgehead atoms. The number of hydrogen-bond acceptors (Lipinski definition) is 7. The quantitative estimate of drug-likeness (QED) is 0.340. The Kier molecular flexibility index (Phi) is 5.73. The van der Waals surface area contributed by atoms with E-state index >= 15 is 0 Å². The van der Waals surface area contributed by atoms with Gasteiger partial charge in [0.05, 0.1) is 16.8 Å². The van der Waals surface area contributed by atoms with Gasteiger partial charge in [-0.2, -0.15) is 0 Å². The minimum absolute atomic E-state index is 0.241. The number of aryl methyl sites for hydroxylation is 1. The Bertz CT molecular complexity index is 1570. The van der Waals surface area contributed by atoms with E-state index in [0.29, 0.717) is 31.2 Å². The molecule has 0 radical (unpaired) electrons. The zero-order valence-electron chi connectivity index (χ0n) is 19.7. The van der Waals surface area contributed by atoms with E-state index in [1.807, 2.05) is 25.1 Å². The molecule has 6 nitrogen and oxygen atoms in total. The lowest BCUT2D eigenvalue weighted by atomic mass is 10.0. The van der Waals surface area contributed by atoms with Crippen LogP contribution in [-0.2, 0) is 13.0 Å². The summed E-state index contributed by atoms with van der Waals surface area (Å²) in [6.45, 7) is 3.89. The average Bonchev–Trinajstić information content (AvgIpc) is 3.12. The number of nitrogens with two attached hydrogens (primary N) is 1. The first-order chi connectivity index (χ1) is 17.5. The van der Waals surface area contributed by atoms with E-state index in [0.717, 1.165) is 55.3 Å². The molecule has 6 rings (SSSR count). The molecule has 8 heteroatoms. The van der Waals surface area contributed by atoms with E-state index in [1.54, 1.807) is 6.33 Å². The van der Waals surface area contributed by atoms with E-state index in [9.17, 15) is 4.39 Å². The SMILES string of the molecule is Cc1ncnc(N2CCOc3ccc(-c4ccc5sc(N)nc5c4)cc3C2)c1Cc1ccc(F)cc1. The third kappa shape index (κ3) is 4.35. The maximum atomic E-state index is 13.4. The maximum absolute atomic E-state index is 13.4. The largest absolute Gasteiger partial charge is 0.491 e. The summed E-state index contributed by atoms with van der Waals surface area (Å²) >= 11 is 1.49. The molecule has 180 valence electrons. The Labute approximate surface area is 212 Å². The summed E-state index contributed by atoms with van der Waals surface area (Å²) in [6, 6.07) is 19.2. The molecular formula is C28H24FN5OS. The first kappa shape index (κ1) is 22.4. The van der Waals surface area contributed by atoms with Crippen LogP contribution >= 0.6 is 11.3 Å². The molecule has 0 unspecified atom stereocenters. The fourth-order valence-electron chi connectivity index (χ4n) is 4.65. The molecular weight excluding hydrogens is 473 g/mol. The zero-order valence-corrected chi connectivity index (χ0v) is 20.6. The van der Waals surface area contributed by atoms with Crippen LogP contribution in [0.1, 0.15) is 22.4 Å². The van der Waals surface area contributed by atoms with E-state index in [1.165, 1.54) is 23.5 Å². The van der Waals surface area contributed by atoms with Gasteiger partial charge >= 0.3 is 0 Å². The van der Waals surface area contributed by atoms with E-state index in [4.69, 9.17) is 10.5 Å². The van der Waals surface area contributed by atoms with Crippen molar-refractivity contribution >= 4 is 32.5 Å². The van der Waals surface area contributed by atoms with Crippen molar-refractivity contribution in [3.8, 4) is 16.9 Å². The maximum Gasteiger partial charge on any atom is 0.181 e. The smallest absolute Gasteiger partial charge is 0.181 e. The normalized spacial score (nSPS) is 13.3. The van der Waals surface area contributed by atoms with Crippen molar-refractivity contribution in [3.63, 3.8) is 0 Å². The second kappa shape index (κ2) is 9.20. The van der Waals surface area contributed by atoms with E-state index < -0.39 is 0 Å². The zero-order chi connectivity index (χ0) is 24.6. The Morgan fingerprint density at radius 3 is 2.69 bits per heavy atom. The van der Waals surface area contributed by atoms with Gasteiger partial charge in [-0.15, -0.1) is 0 Å². The predicted octanol–water partition coefficient (Wildman–Crippen LogP) is 5.77. The van der Waals surface area contributed by atoms with Gasteiger partial charge in [0.1, 0.15) is 30.3 Å². The molecule has 1 aliphatic heterocycles. The summed E-state index contributed by atoms with van der Waals surface area (Å²) in [7, 11) is 0. The van der Waals surface area contributed by atoms with Crippen LogP contribution in [0.2, 0.25) is 0 Å². The molecule has 0 spiro atoms. The van der Waals surface area contributed by atoms with Crippen LogP contribution in [-0.4, -0.2) is 28.1 Å². The number of thiazole rings is 1. The van der Waals surface area contributed by atoms with Crippen LogP contribution in [0.25, 0.3) is 21.3 Å². The topological polar surface area (TPSA) is 77.2 Å². The summed E-state index contributed by atoms with van der Waals surface area (Å²) in [5.41, 5.74) is 13.0. The number of benzene rings is 3. The Hall–Kier alpha value is -4.04. The highest BCUT2D eigenvalue weighted by Crippen LogP contribution is 2.34. The highest BCUT2D eigenvalue weighted by Gasteiger charge is 2.21. The third-order valence-electron chi connectivity index (χ3n) is 6.51. The van der Waals surface area contributed by atoms with Crippen LogP contribution < -0.4 is 15.4 Å². The second-order valence-electron chi connectivity index (χ2n) is 8.89. The van der Waals surface area contributed by atoms with Crippen molar-refractivity contribution in [1.29, 1.82) is 0 Å². The van der Waals surface area contributed by atoms with Crippen LogP contribution in [0.15, 0.2) is 67.0 Å². The molecule has 0 atom stereocenters. The monoisotopic (exact) mass is 497 g/mol. The van der Waals surface area contributed by atoms with Crippen molar-refractivity contribution in [3.05, 3.63) is 95.2 Å². The standard InChI is InChI=1S/C28H24FN5OS/c1-17-23(12-18-2-6-22(29)7-3-18)27(32-16-31-17)34-10-11-35-25-8-4-19(13-21(25)15-34)20-5-9-26-24(14-20)33-28(30)36-26/h2-9,13-14,16H,10-12,15H2,1H3,(H2,30,33). The molecule has 0 saturated carbocycles. The number of anilines is 2. The first-order valence-electron chi connectivity index (χ1n) is 11.8. The number of aromatic nitrogens is 3. The molecule has 1 aliphatic rings. The van der Waals surface area contributed by atoms with Gasteiger partial charge < -0.3 is 15.4 Å². The van der Waals surface area contributed by atoms with Crippen molar-refractivity contribution < 1.29 is 9.13 Å². The van der Waals surface area contributed by atoms with Crippen molar-refractivity contribution in [2.24, 2.45) is 0 Å². The lowest BCUT2D eigenvalue weighted by molar-refractivity contribution is 0.331. The molecule has 2 aromatic heterocycles. The summed E-state index contributed by atoms with van der Waals surface area (Å²) in [5, 5.41) is 0.574. The van der Waals surface area contributed by atoms with Gasteiger partial charge in [0, 0.05) is 29.8 Å². The van der Waals surface area contributed by atoms with E-state index in [2.05, 4.69) is 50.2 Å². The molecule has 3 aromatic carbocycles. The highest BCUT2D eigenvalue weighted by molar-refractivity contribution is 7.22. The van der Waals surface area contributed by atoms with Gasteiger partial charge in [0.2, 0.25) is 0 Å². The van der Waals surface area contributed by atoms with Crippen molar-refractivity contribution in [2.45, 2.75) is 19.9 Å². The number of rotatable bonds is 4. The Balaban J connectivity index is 1.34. The van der Waals surface area contributed by atoms with Crippen LogP contribution in [0, 0.1) is 12.7 Å². The Morgan fingerprint density at radius 2 is 1.83 bits per heavy atom. The average molecular weight is 498 g/mol. The molecule has 0 aliphatic carbocycles. The van der Waals surface area contributed by atoms with Gasteiger partial charge in [-0.05, 0) is 60.0 Å². The molecule has 0 fully saturated rings. The number of hydrogen-bond donors (Lipinski definition) is 1. The number of nitrogens with zero attached hydrogens (tertiary/aromatic N) is 4. The molecule has 2 N–H and O–H groups in total. The van der Waals surface area contributed by atoms with Crippen molar-refractivity contribution in [2.75, 3.05) is 23.8 Å². The lowest BCUT2D eigenvalue weighted by Crippen LogP contribution is -2.28. The number of fused-ring (bicyclic) bond motifs is 2. The lowest BCUT2D eigenvalue weighted by Gasteiger charge is -2.24. The second-order valence-corrected chi connectivity index (χ2v) is 9.95. The van der Waals surface area contributed by atoms with E-state index in [-0.39, 0.29) is 5.82 Å². The summed E-state index contributed by atoms with van der Waals surface area (Å²) in [5.74, 6) is 1.52. The molecule has 3 heterocycles. The third-order valence-corrected chi connectivity index (χ3v) is 7.38. The van der Waals surface area contributed by atoms with Gasteiger partial charge in [0.25, 0.3) is 0 Å². The summed E-state index contributed by atoms with van der Waals surface area (Å²) in [4.78, 5) is 15.8. The fraction of sp³-hybridized carbons (Fsp3) is 0.179.